The molecule has 0 aliphatic rings. The Balaban J connectivity index is 1.98. The highest BCUT2D eigenvalue weighted by molar-refractivity contribution is 8.22. The van der Waals surface area contributed by atoms with E-state index in [0.29, 0.717) is 13.1 Å². The Labute approximate surface area is 168 Å². The molecule has 26 heavy (non-hydrogen) atoms. The van der Waals surface area contributed by atoms with Crippen LogP contribution in [-0.2, 0) is 13.1 Å². The zero-order valence-electron chi connectivity index (χ0n) is 14.7. The van der Waals surface area contributed by atoms with Gasteiger partial charge in [0.2, 0.25) is 5.95 Å². The standard InChI is InChI=1S/C19H20N4S3/c1-25-18-21-20-17(22(18)13-15-9-5-3-6-10-15)23(19(24)26-2)14-16-11-7-4-8-12-16/h3-12H,13-14H2,1-2H3. The molecule has 7 heteroatoms. The largest absolute Gasteiger partial charge is 0.291 e. The Morgan fingerprint density at radius 1 is 0.962 bits per heavy atom. The summed E-state index contributed by atoms with van der Waals surface area (Å²) in [6.45, 7) is 1.38. The van der Waals surface area contributed by atoms with Gasteiger partial charge in [0.05, 0.1) is 13.1 Å². The van der Waals surface area contributed by atoms with Gasteiger partial charge in [0.25, 0.3) is 0 Å². The topological polar surface area (TPSA) is 34.0 Å². The fourth-order valence-electron chi connectivity index (χ4n) is 2.63. The molecule has 0 unspecified atom stereocenters. The van der Waals surface area contributed by atoms with Gasteiger partial charge in [0, 0.05) is 0 Å². The summed E-state index contributed by atoms with van der Waals surface area (Å²) >= 11 is 8.77. The molecule has 1 aromatic heterocycles. The van der Waals surface area contributed by atoms with E-state index in [-0.39, 0.29) is 0 Å². The molecule has 0 bridgehead atoms. The molecule has 0 aliphatic heterocycles. The number of nitrogens with zero attached hydrogens (tertiary/aromatic N) is 4. The van der Waals surface area contributed by atoms with Crippen LogP contribution in [-0.4, -0.2) is 31.6 Å². The molecule has 0 atom stereocenters. The second kappa shape index (κ2) is 9.21. The van der Waals surface area contributed by atoms with Crippen molar-refractivity contribution in [1.29, 1.82) is 0 Å². The van der Waals surface area contributed by atoms with Gasteiger partial charge in [-0.1, -0.05) is 96.4 Å². The van der Waals surface area contributed by atoms with Gasteiger partial charge in [-0.2, -0.15) is 0 Å². The summed E-state index contributed by atoms with van der Waals surface area (Å²) in [5, 5.41) is 9.72. The van der Waals surface area contributed by atoms with E-state index in [1.54, 1.807) is 23.5 Å². The Bertz CT molecular complexity index is 850. The molecule has 134 valence electrons. The van der Waals surface area contributed by atoms with Crippen molar-refractivity contribution >= 4 is 46.0 Å². The molecule has 0 aliphatic carbocycles. The predicted octanol–water partition coefficient (Wildman–Crippen LogP) is 4.70. The van der Waals surface area contributed by atoms with Crippen molar-refractivity contribution in [2.75, 3.05) is 17.4 Å². The summed E-state index contributed by atoms with van der Waals surface area (Å²) < 4.78 is 2.91. The maximum absolute atomic E-state index is 5.63. The zero-order chi connectivity index (χ0) is 18.4. The quantitative estimate of drug-likeness (QED) is 0.441. The van der Waals surface area contributed by atoms with Crippen molar-refractivity contribution in [3.05, 3.63) is 71.8 Å². The molecule has 4 nitrogen and oxygen atoms in total. The number of hydrogen-bond acceptors (Lipinski definition) is 5. The second-order valence-electron chi connectivity index (χ2n) is 5.60. The number of rotatable bonds is 6. The molecule has 1 heterocycles. The lowest BCUT2D eigenvalue weighted by Crippen LogP contribution is -2.29. The first-order chi connectivity index (χ1) is 12.7. The molecule has 3 rings (SSSR count). The third kappa shape index (κ3) is 4.47. The van der Waals surface area contributed by atoms with Crippen molar-refractivity contribution in [2.24, 2.45) is 0 Å². The Hall–Kier alpha value is -1.83. The van der Waals surface area contributed by atoms with Crippen molar-refractivity contribution in [2.45, 2.75) is 18.2 Å². The Morgan fingerprint density at radius 2 is 1.58 bits per heavy atom. The number of hydrogen-bond donors (Lipinski definition) is 0. The smallest absolute Gasteiger partial charge is 0.234 e. The molecule has 0 saturated carbocycles. The van der Waals surface area contributed by atoms with E-state index in [1.807, 2.05) is 48.9 Å². The summed E-state index contributed by atoms with van der Waals surface area (Å²) in [6, 6.07) is 20.6. The SMILES string of the molecule is CSC(=S)N(Cc1ccccc1)c1nnc(SC)n1Cc1ccccc1. The number of aromatic nitrogens is 3. The first kappa shape index (κ1) is 18.9. The molecular formula is C19H20N4S3. The third-order valence-electron chi connectivity index (χ3n) is 3.88. The van der Waals surface area contributed by atoms with Gasteiger partial charge >= 0.3 is 0 Å². The molecule has 0 fully saturated rings. The normalized spacial score (nSPS) is 10.7. The lowest BCUT2D eigenvalue weighted by Gasteiger charge is -2.24. The number of benzene rings is 2. The third-order valence-corrected chi connectivity index (χ3v) is 5.84. The molecule has 0 amide bonds. The van der Waals surface area contributed by atoms with Gasteiger partial charge < -0.3 is 0 Å². The van der Waals surface area contributed by atoms with Crippen LogP contribution >= 0.6 is 35.7 Å². The van der Waals surface area contributed by atoms with E-state index in [4.69, 9.17) is 12.2 Å². The van der Waals surface area contributed by atoms with Crippen LogP contribution in [0.3, 0.4) is 0 Å². The van der Waals surface area contributed by atoms with Crippen molar-refractivity contribution in [3.63, 3.8) is 0 Å². The van der Waals surface area contributed by atoms with Crippen LogP contribution in [0.2, 0.25) is 0 Å². The monoisotopic (exact) mass is 400 g/mol. The van der Waals surface area contributed by atoms with E-state index >= 15 is 0 Å². The van der Waals surface area contributed by atoms with Crippen LogP contribution < -0.4 is 4.90 Å². The minimum atomic E-state index is 0.668. The highest BCUT2D eigenvalue weighted by atomic mass is 32.2. The minimum absolute atomic E-state index is 0.668. The molecule has 0 radical (unpaired) electrons. The molecule has 3 aromatic rings. The van der Waals surface area contributed by atoms with E-state index in [2.05, 4.69) is 43.9 Å². The lowest BCUT2D eigenvalue weighted by molar-refractivity contribution is 0.702. The van der Waals surface area contributed by atoms with Crippen molar-refractivity contribution in [3.8, 4) is 0 Å². The maximum atomic E-state index is 5.63. The van der Waals surface area contributed by atoms with Crippen LogP contribution in [0.5, 0.6) is 0 Å². The fraction of sp³-hybridized carbons (Fsp3) is 0.211. The van der Waals surface area contributed by atoms with Crippen LogP contribution in [0.4, 0.5) is 5.95 Å². The van der Waals surface area contributed by atoms with Crippen molar-refractivity contribution in [1.82, 2.24) is 14.8 Å². The number of thiocarbonyl (C=S) groups is 1. The highest BCUT2D eigenvalue weighted by Crippen LogP contribution is 2.25. The minimum Gasteiger partial charge on any atom is -0.291 e. The van der Waals surface area contributed by atoms with Crippen LogP contribution in [0.25, 0.3) is 0 Å². The molecular weight excluding hydrogens is 380 g/mol. The summed E-state index contributed by atoms with van der Waals surface area (Å²) in [5.74, 6) is 0.779. The van der Waals surface area contributed by atoms with E-state index < -0.39 is 0 Å². The predicted molar refractivity (Wildman–Crippen MR) is 116 cm³/mol. The van der Waals surface area contributed by atoms with Gasteiger partial charge in [0.1, 0.15) is 4.32 Å². The first-order valence-electron chi connectivity index (χ1n) is 8.13. The lowest BCUT2D eigenvalue weighted by atomic mass is 10.2. The van der Waals surface area contributed by atoms with Crippen molar-refractivity contribution < 1.29 is 0 Å². The highest BCUT2D eigenvalue weighted by Gasteiger charge is 2.21. The van der Waals surface area contributed by atoms with Crippen LogP contribution in [0, 0.1) is 0 Å². The fourth-order valence-corrected chi connectivity index (χ4v) is 3.63. The molecule has 2 aromatic carbocycles. The Kier molecular flexibility index (Phi) is 6.71. The summed E-state index contributed by atoms with van der Waals surface area (Å²) in [6.07, 6.45) is 4.01. The number of thioether (sulfide) groups is 2. The van der Waals surface area contributed by atoms with E-state index in [9.17, 15) is 0 Å². The van der Waals surface area contributed by atoms with E-state index in [0.717, 1.165) is 15.4 Å². The van der Waals surface area contributed by atoms with Crippen LogP contribution in [0.1, 0.15) is 11.1 Å². The maximum Gasteiger partial charge on any atom is 0.234 e. The van der Waals surface area contributed by atoms with Gasteiger partial charge in [0.15, 0.2) is 5.16 Å². The average Bonchev–Trinajstić information content (AvgIpc) is 3.09. The number of anilines is 1. The van der Waals surface area contributed by atoms with Gasteiger partial charge in [-0.05, 0) is 23.6 Å². The summed E-state index contributed by atoms with van der Waals surface area (Å²) in [7, 11) is 0. The zero-order valence-corrected chi connectivity index (χ0v) is 17.2. The summed E-state index contributed by atoms with van der Waals surface area (Å²) in [4.78, 5) is 2.06. The van der Waals surface area contributed by atoms with Gasteiger partial charge in [-0.25, -0.2) is 0 Å². The van der Waals surface area contributed by atoms with Crippen LogP contribution in [0.15, 0.2) is 65.8 Å². The molecule has 0 spiro atoms. The molecule has 0 saturated heterocycles. The second-order valence-corrected chi connectivity index (χ2v) is 7.81. The van der Waals surface area contributed by atoms with Gasteiger partial charge in [-0.3, -0.25) is 9.47 Å². The summed E-state index contributed by atoms with van der Waals surface area (Å²) in [5.41, 5.74) is 2.39. The Morgan fingerprint density at radius 3 is 2.15 bits per heavy atom. The first-order valence-corrected chi connectivity index (χ1v) is 11.0. The molecule has 0 N–H and O–H groups in total. The van der Waals surface area contributed by atoms with Gasteiger partial charge in [-0.15, -0.1) is 10.2 Å². The average molecular weight is 401 g/mol. The van der Waals surface area contributed by atoms with E-state index in [1.165, 1.54) is 11.1 Å².